The van der Waals surface area contributed by atoms with E-state index in [0.717, 1.165) is 16.6 Å². The standard InChI is InChI=1S/C7H9N.C5H6BrNS.2C2H6/c1-2-7-4-3-5-8-6-7;1-2-5-7-3-4(6)8-5;2*1-2/h3-6H,2H2,1H3;3H,2H2,1H3;2*1-2H3. The molecule has 0 bridgehead atoms. The van der Waals surface area contributed by atoms with Crippen molar-refractivity contribution in [2.75, 3.05) is 0 Å². The Labute approximate surface area is 136 Å². The maximum atomic E-state index is 4.11. The quantitative estimate of drug-likeness (QED) is 0.641. The Balaban J connectivity index is 0. The van der Waals surface area contributed by atoms with Crippen molar-refractivity contribution in [3.63, 3.8) is 0 Å². The molecule has 0 aliphatic carbocycles. The number of pyridine rings is 1. The Hall–Kier alpha value is -0.740. The molecule has 2 rings (SSSR count). The fourth-order valence-corrected chi connectivity index (χ4v) is 2.30. The molecule has 0 aromatic carbocycles. The summed E-state index contributed by atoms with van der Waals surface area (Å²) in [7, 11) is 0. The van der Waals surface area contributed by atoms with Gasteiger partial charge in [0.25, 0.3) is 0 Å². The highest BCUT2D eigenvalue weighted by Crippen LogP contribution is 2.18. The highest BCUT2D eigenvalue weighted by Gasteiger charge is 1.92. The van der Waals surface area contributed by atoms with Crippen molar-refractivity contribution in [1.29, 1.82) is 0 Å². The molecule has 4 heteroatoms. The van der Waals surface area contributed by atoms with Crippen molar-refractivity contribution >= 4 is 27.3 Å². The second-order valence-corrected chi connectivity index (χ2v) is 5.62. The molecule has 0 saturated carbocycles. The van der Waals surface area contributed by atoms with Crippen LogP contribution < -0.4 is 0 Å². The molecule has 2 nitrogen and oxygen atoms in total. The number of hydrogen-bond acceptors (Lipinski definition) is 3. The number of nitrogens with zero attached hydrogens (tertiary/aromatic N) is 2. The molecule has 0 saturated heterocycles. The zero-order chi connectivity index (χ0) is 15.8. The second-order valence-electron chi connectivity index (χ2n) is 3.13. The van der Waals surface area contributed by atoms with Crippen molar-refractivity contribution in [1.82, 2.24) is 9.97 Å². The molecule has 0 spiro atoms. The summed E-state index contributed by atoms with van der Waals surface area (Å²) in [6.07, 6.45) is 7.63. The van der Waals surface area contributed by atoms with E-state index in [1.165, 1.54) is 10.6 Å². The zero-order valence-corrected chi connectivity index (χ0v) is 15.9. The molecule has 0 radical (unpaired) electrons. The third-order valence-electron chi connectivity index (χ3n) is 1.96. The van der Waals surface area contributed by atoms with Crippen LogP contribution in [0.3, 0.4) is 0 Å². The molecule has 2 heterocycles. The summed E-state index contributed by atoms with van der Waals surface area (Å²) in [5.74, 6) is 0. The Morgan fingerprint density at radius 2 is 1.70 bits per heavy atom. The lowest BCUT2D eigenvalue weighted by molar-refractivity contribution is 1.09. The largest absolute Gasteiger partial charge is 0.264 e. The monoisotopic (exact) mass is 358 g/mol. The van der Waals surface area contributed by atoms with E-state index in [0.29, 0.717) is 0 Å². The van der Waals surface area contributed by atoms with E-state index in [2.05, 4.69) is 45.8 Å². The van der Waals surface area contributed by atoms with Gasteiger partial charge in [-0.2, -0.15) is 0 Å². The molecule has 2 aromatic rings. The van der Waals surface area contributed by atoms with Gasteiger partial charge in [0.05, 0.1) is 15.0 Å². The van der Waals surface area contributed by atoms with Crippen LogP contribution in [0.5, 0.6) is 0 Å². The van der Waals surface area contributed by atoms with Gasteiger partial charge in [-0.25, -0.2) is 4.98 Å². The first-order valence-corrected chi connectivity index (χ1v) is 8.86. The minimum Gasteiger partial charge on any atom is -0.264 e. The van der Waals surface area contributed by atoms with Gasteiger partial charge in [-0.3, -0.25) is 4.98 Å². The fourth-order valence-electron chi connectivity index (χ4n) is 1.06. The SMILES string of the molecule is CC.CC.CCc1cccnc1.CCc1ncc(Br)s1. The molecule has 0 N–H and O–H groups in total. The zero-order valence-electron chi connectivity index (χ0n) is 13.5. The number of rotatable bonds is 2. The maximum Gasteiger partial charge on any atom is 0.0934 e. The van der Waals surface area contributed by atoms with Crippen molar-refractivity contribution in [3.8, 4) is 0 Å². The average molecular weight is 359 g/mol. The number of hydrogen-bond donors (Lipinski definition) is 0. The number of halogens is 1. The maximum absolute atomic E-state index is 4.11. The van der Waals surface area contributed by atoms with Crippen molar-refractivity contribution < 1.29 is 0 Å². The molecular formula is C16H27BrN2S. The van der Waals surface area contributed by atoms with Gasteiger partial charge in [-0.15, -0.1) is 11.3 Å². The first-order chi connectivity index (χ1) is 9.76. The van der Waals surface area contributed by atoms with Crippen molar-refractivity contribution in [2.24, 2.45) is 0 Å². The predicted molar refractivity (Wildman–Crippen MR) is 95.5 cm³/mol. The third-order valence-corrected chi connectivity index (χ3v) is 3.58. The van der Waals surface area contributed by atoms with E-state index < -0.39 is 0 Å². The minimum absolute atomic E-state index is 1.04. The molecule has 0 fully saturated rings. The van der Waals surface area contributed by atoms with Gasteiger partial charge >= 0.3 is 0 Å². The van der Waals surface area contributed by atoms with Crippen LogP contribution in [0.4, 0.5) is 0 Å². The second kappa shape index (κ2) is 16.3. The number of aryl methyl sites for hydroxylation is 2. The summed E-state index contributed by atoms with van der Waals surface area (Å²) in [6.45, 7) is 12.2. The molecule has 0 unspecified atom stereocenters. The average Bonchev–Trinajstić information content (AvgIpc) is 2.98. The summed E-state index contributed by atoms with van der Waals surface area (Å²) in [4.78, 5) is 8.06. The lowest BCUT2D eigenvalue weighted by atomic mass is 10.2. The van der Waals surface area contributed by atoms with Crippen LogP contribution in [-0.2, 0) is 12.8 Å². The summed E-state index contributed by atoms with van der Waals surface area (Å²) < 4.78 is 1.12. The van der Waals surface area contributed by atoms with E-state index in [1.807, 2.05) is 46.2 Å². The van der Waals surface area contributed by atoms with Gasteiger partial charge in [0.15, 0.2) is 0 Å². The van der Waals surface area contributed by atoms with Crippen LogP contribution in [0.15, 0.2) is 34.5 Å². The summed E-state index contributed by atoms with van der Waals surface area (Å²) in [5.41, 5.74) is 1.30. The van der Waals surface area contributed by atoms with Crippen LogP contribution in [0.1, 0.15) is 52.1 Å². The van der Waals surface area contributed by atoms with Crippen molar-refractivity contribution in [3.05, 3.63) is 45.1 Å². The van der Waals surface area contributed by atoms with E-state index in [9.17, 15) is 0 Å². The smallest absolute Gasteiger partial charge is 0.0934 e. The number of thiazole rings is 1. The molecule has 0 aliphatic heterocycles. The van der Waals surface area contributed by atoms with Gasteiger partial charge in [-0.1, -0.05) is 47.6 Å². The molecule has 20 heavy (non-hydrogen) atoms. The Kier molecular flexibility index (Phi) is 17.6. The molecule has 2 aromatic heterocycles. The van der Waals surface area contributed by atoms with E-state index in [1.54, 1.807) is 17.5 Å². The molecule has 114 valence electrons. The summed E-state index contributed by atoms with van der Waals surface area (Å²) >= 11 is 5.02. The van der Waals surface area contributed by atoms with Crippen LogP contribution in [0.2, 0.25) is 0 Å². The minimum atomic E-state index is 1.04. The molecule has 0 amide bonds. The molecule has 0 atom stereocenters. The van der Waals surface area contributed by atoms with Crippen LogP contribution >= 0.6 is 27.3 Å². The first kappa shape index (κ1) is 21.6. The highest BCUT2D eigenvalue weighted by molar-refractivity contribution is 9.11. The third kappa shape index (κ3) is 11.1. The van der Waals surface area contributed by atoms with Gasteiger partial charge in [0.1, 0.15) is 0 Å². The van der Waals surface area contributed by atoms with Gasteiger partial charge in [0, 0.05) is 12.4 Å². The Bertz CT molecular complexity index is 402. The van der Waals surface area contributed by atoms with E-state index in [4.69, 9.17) is 0 Å². The molecular weight excluding hydrogens is 332 g/mol. The van der Waals surface area contributed by atoms with Gasteiger partial charge in [0.2, 0.25) is 0 Å². The summed E-state index contributed by atoms with van der Waals surface area (Å²) in [6, 6.07) is 4.03. The predicted octanol–water partition coefficient (Wildman–Crippen LogP) is 6.16. The first-order valence-electron chi connectivity index (χ1n) is 7.25. The van der Waals surface area contributed by atoms with E-state index >= 15 is 0 Å². The lowest BCUT2D eigenvalue weighted by Gasteiger charge is -1.88. The van der Waals surface area contributed by atoms with Crippen LogP contribution in [0, 0.1) is 0 Å². The van der Waals surface area contributed by atoms with Gasteiger partial charge < -0.3 is 0 Å². The van der Waals surface area contributed by atoms with Crippen LogP contribution in [-0.4, -0.2) is 9.97 Å². The van der Waals surface area contributed by atoms with Crippen molar-refractivity contribution in [2.45, 2.75) is 54.4 Å². The highest BCUT2D eigenvalue weighted by atomic mass is 79.9. The fraction of sp³-hybridized carbons (Fsp3) is 0.500. The lowest BCUT2D eigenvalue weighted by Crippen LogP contribution is -1.77. The normalized spacial score (nSPS) is 8.15. The van der Waals surface area contributed by atoms with Gasteiger partial charge in [-0.05, 0) is 40.4 Å². The Morgan fingerprint density at radius 3 is 1.95 bits per heavy atom. The summed E-state index contributed by atoms with van der Waals surface area (Å²) in [5, 5.41) is 1.19. The topological polar surface area (TPSA) is 25.8 Å². The molecule has 0 aliphatic rings. The van der Waals surface area contributed by atoms with Crippen LogP contribution in [0.25, 0.3) is 0 Å². The Morgan fingerprint density at radius 1 is 1.05 bits per heavy atom. The number of aromatic nitrogens is 2. The van der Waals surface area contributed by atoms with E-state index in [-0.39, 0.29) is 0 Å².